The SMILES string of the molecule is Cc1cc(C)c(C(=O)Pc2ccccc2)c(C)c1C.[LiH]. The van der Waals surface area contributed by atoms with Gasteiger partial charge < -0.3 is 0 Å². The summed E-state index contributed by atoms with van der Waals surface area (Å²) in [7, 11) is 0.203. The van der Waals surface area contributed by atoms with Gasteiger partial charge in [0.15, 0.2) is 5.52 Å². The van der Waals surface area contributed by atoms with Crippen molar-refractivity contribution in [3.05, 3.63) is 64.2 Å². The summed E-state index contributed by atoms with van der Waals surface area (Å²) < 4.78 is 0. The average molecular weight is 278 g/mol. The second-order valence-electron chi connectivity index (χ2n) is 4.96. The Morgan fingerprint density at radius 2 is 1.50 bits per heavy atom. The van der Waals surface area contributed by atoms with E-state index >= 15 is 0 Å². The summed E-state index contributed by atoms with van der Waals surface area (Å²) in [5.41, 5.74) is 5.86. The molecule has 1 unspecified atom stereocenters. The summed E-state index contributed by atoms with van der Waals surface area (Å²) in [6.45, 7) is 8.27. The van der Waals surface area contributed by atoms with E-state index in [1.165, 1.54) is 11.1 Å². The van der Waals surface area contributed by atoms with E-state index < -0.39 is 0 Å². The van der Waals surface area contributed by atoms with Crippen molar-refractivity contribution in [1.82, 2.24) is 0 Å². The van der Waals surface area contributed by atoms with E-state index in [1.807, 2.05) is 37.3 Å². The molecule has 0 N–H and O–H groups in total. The summed E-state index contributed by atoms with van der Waals surface area (Å²) in [5.74, 6) is 0. The van der Waals surface area contributed by atoms with Crippen LogP contribution in [0.5, 0.6) is 0 Å². The number of rotatable bonds is 3. The quantitative estimate of drug-likeness (QED) is 0.621. The Balaban J connectivity index is 0.00000200. The van der Waals surface area contributed by atoms with Gasteiger partial charge in [-0.05, 0) is 63.8 Å². The Kier molecular flexibility index (Phi) is 6.22. The minimum atomic E-state index is 0. The molecule has 1 atom stereocenters. The third-order valence-corrected chi connectivity index (χ3v) is 4.71. The van der Waals surface area contributed by atoms with Gasteiger partial charge in [-0.15, -0.1) is 0 Å². The van der Waals surface area contributed by atoms with Crippen molar-refractivity contribution >= 4 is 38.3 Å². The van der Waals surface area contributed by atoms with Crippen molar-refractivity contribution in [2.45, 2.75) is 27.7 Å². The summed E-state index contributed by atoms with van der Waals surface area (Å²) in [4.78, 5) is 12.5. The maximum atomic E-state index is 12.5. The molecule has 0 saturated carbocycles. The summed E-state index contributed by atoms with van der Waals surface area (Å²) in [6, 6.07) is 12.1. The van der Waals surface area contributed by atoms with Crippen LogP contribution in [0, 0.1) is 27.7 Å². The number of carbonyl (C=O) groups excluding carboxylic acids is 1. The van der Waals surface area contributed by atoms with Gasteiger partial charge in [0, 0.05) is 5.56 Å². The molecule has 0 radical (unpaired) electrons. The molecule has 100 valence electrons. The van der Waals surface area contributed by atoms with Crippen LogP contribution in [0.3, 0.4) is 0 Å². The van der Waals surface area contributed by atoms with Crippen LogP contribution in [0.1, 0.15) is 32.6 Å². The third kappa shape index (κ3) is 3.61. The predicted octanol–water partition coefficient (Wildman–Crippen LogP) is 3.42. The molecule has 0 spiro atoms. The van der Waals surface area contributed by atoms with Crippen molar-refractivity contribution in [3.63, 3.8) is 0 Å². The number of carbonyl (C=O) groups is 1. The van der Waals surface area contributed by atoms with E-state index in [4.69, 9.17) is 0 Å². The molecule has 2 aromatic carbocycles. The van der Waals surface area contributed by atoms with Gasteiger partial charge in [-0.25, -0.2) is 0 Å². The topological polar surface area (TPSA) is 17.1 Å². The van der Waals surface area contributed by atoms with Gasteiger partial charge in [0.2, 0.25) is 0 Å². The van der Waals surface area contributed by atoms with E-state index in [9.17, 15) is 4.79 Å². The molecule has 2 rings (SSSR count). The van der Waals surface area contributed by atoms with Crippen molar-refractivity contribution in [1.29, 1.82) is 0 Å². The third-order valence-electron chi connectivity index (χ3n) is 3.62. The van der Waals surface area contributed by atoms with Crippen LogP contribution >= 0.6 is 8.58 Å². The standard InChI is InChI=1S/C17H19OP.Li.H/c1-11-10-12(2)16(14(4)13(11)3)17(18)19-15-8-6-5-7-9-15;;/h5-10,19H,1-4H3;;. The second kappa shape index (κ2) is 7.23. The van der Waals surface area contributed by atoms with Gasteiger partial charge in [0.25, 0.3) is 0 Å². The van der Waals surface area contributed by atoms with Crippen molar-refractivity contribution in [3.8, 4) is 0 Å². The van der Waals surface area contributed by atoms with Crippen LogP contribution in [0.4, 0.5) is 0 Å². The molecular formula is C17H20LiOP. The van der Waals surface area contributed by atoms with E-state index in [1.54, 1.807) is 0 Å². The molecule has 3 heteroatoms. The fourth-order valence-electron chi connectivity index (χ4n) is 2.35. The van der Waals surface area contributed by atoms with Gasteiger partial charge >= 0.3 is 18.9 Å². The van der Waals surface area contributed by atoms with Crippen LogP contribution in [-0.2, 0) is 0 Å². The Labute approximate surface area is 135 Å². The first-order valence-electron chi connectivity index (χ1n) is 6.44. The van der Waals surface area contributed by atoms with Gasteiger partial charge in [0.1, 0.15) is 0 Å². The molecule has 0 aliphatic carbocycles. The summed E-state index contributed by atoms with van der Waals surface area (Å²) >= 11 is 0. The van der Waals surface area contributed by atoms with Crippen molar-refractivity contribution in [2.75, 3.05) is 0 Å². The molecule has 1 nitrogen and oxygen atoms in total. The normalized spacial score (nSPS) is 10.6. The van der Waals surface area contributed by atoms with Gasteiger partial charge in [0.05, 0.1) is 0 Å². The Hall–Kier alpha value is -0.863. The van der Waals surface area contributed by atoms with E-state index in [-0.39, 0.29) is 33.0 Å². The number of hydrogen-bond acceptors (Lipinski definition) is 1. The maximum absolute atomic E-state index is 12.5. The monoisotopic (exact) mass is 278 g/mol. The molecule has 0 aliphatic heterocycles. The Morgan fingerprint density at radius 1 is 0.900 bits per heavy atom. The zero-order valence-electron chi connectivity index (χ0n) is 11.9. The second-order valence-corrected chi connectivity index (χ2v) is 6.24. The van der Waals surface area contributed by atoms with Crippen LogP contribution in [-0.4, -0.2) is 24.4 Å². The summed E-state index contributed by atoms with van der Waals surface area (Å²) in [5, 5.41) is 1.10. The molecule has 0 heterocycles. The Bertz CT molecular complexity index is 621. The fourth-order valence-corrected chi connectivity index (χ4v) is 3.48. The number of hydrogen-bond donors (Lipinski definition) is 0. The van der Waals surface area contributed by atoms with Crippen LogP contribution in [0.15, 0.2) is 36.4 Å². The average Bonchev–Trinajstić information content (AvgIpc) is 2.37. The molecule has 0 saturated heterocycles. The molecule has 0 bridgehead atoms. The molecule has 0 aliphatic rings. The Morgan fingerprint density at radius 3 is 2.10 bits per heavy atom. The first-order valence-corrected chi connectivity index (χ1v) is 7.44. The molecule has 20 heavy (non-hydrogen) atoms. The number of aryl methyl sites for hydroxylation is 2. The molecule has 0 amide bonds. The summed E-state index contributed by atoms with van der Waals surface area (Å²) in [6.07, 6.45) is 0. The zero-order chi connectivity index (χ0) is 14.0. The van der Waals surface area contributed by atoms with E-state index in [2.05, 4.69) is 26.8 Å². The minimum absolute atomic E-state index is 0. The van der Waals surface area contributed by atoms with Crippen LogP contribution in [0.25, 0.3) is 0 Å². The first kappa shape index (κ1) is 17.2. The van der Waals surface area contributed by atoms with Gasteiger partial charge in [-0.2, -0.15) is 0 Å². The van der Waals surface area contributed by atoms with Gasteiger partial charge in [-0.1, -0.05) is 36.4 Å². The zero-order valence-corrected chi connectivity index (χ0v) is 12.9. The molecule has 0 fully saturated rings. The van der Waals surface area contributed by atoms with Crippen LogP contribution < -0.4 is 5.30 Å². The fraction of sp³-hybridized carbons (Fsp3) is 0.235. The van der Waals surface area contributed by atoms with Gasteiger partial charge in [-0.3, -0.25) is 4.79 Å². The van der Waals surface area contributed by atoms with Crippen molar-refractivity contribution in [2.24, 2.45) is 0 Å². The van der Waals surface area contributed by atoms with Crippen LogP contribution in [0.2, 0.25) is 0 Å². The van der Waals surface area contributed by atoms with E-state index in [0.29, 0.717) is 0 Å². The predicted molar refractivity (Wildman–Crippen MR) is 91.3 cm³/mol. The first-order chi connectivity index (χ1) is 9.00. The van der Waals surface area contributed by atoms with Crippen molar-refractivity contribution < 1.29 is 4.79 Å². The number of benzene rings is 2. The molecular weight excluding hydrogens is 258 g/mol. The molecule has 0 aromatic heterocycles. The van der Waals surface area contributed by atoms with E-state index in [0.717, 1.165) is 22.0 Å². The molecule has 2 aromatic rings.